The Hall–Kier alpha value is -2.45. The molecule has 23 heavy (non-hydrogen) atoms. The van der Waals surface area contributed by atoms with Crippen LogP contribution >= 0.6 is 0 Å². The number of amides is 1. The zero-order chi connectivity index (χ0) is 17.0. The van der Waals surface area contributed by atoms with E-state index >= 15 is 0 Å². The molecule has 2 N–H and O–H groups in total. The number of rotatable bonds is 4. The number of carboxylic acids is 1. The van der Waals surface area contributed by atoms with Gasteiger partial charge in [0, 0.05) is 18.8 Å². The van der Waals surface area contributed by atoms with Crippen LogP contribution in [0.15, 0.2) is 24.3 Å². The topological polar surface area (TPSA) is 78.9 Å². The lowest BCUT2D eigenvalue weighted by atomic mass is 10.2. The SMILES string of the molecule is O=C(NC1CCN(c2ccc(C(=O)O)cc2)C1)OCC(F)(F)F. The zero-order valence-electron chi connectivity index (χ0n) is 12.0. The molecule has 1 aromatic rings. The average Bonchev–Trinajstić information content (AvgIpc) is 2.93. The van der Waals surface area contributed by atoms with Crippen molar-refractivity contribution < 1.29 is 32.6 Å². The molecule has 9 heteroatoms. The van der Waals surface area contributed by atoms with Crippen molar-refractivity contribution >= 4 is 17.7 Å². The van der Waals surface area contributed by atoms with Gasteiger partial charge in [-0.1, -0.05) is 0 Å². The number of ether oxygens (including phenoxy) is 1. The van der Waals surface area contributed by atoms with Gasteiger partial charge in [-0.05, 0) is 30.7 Å². The summed E-state index contributed by atoms with van der Waals surface area (Å²) in [6.07, 6.45) is -5.09. The number of alkyl carbamates (subject to hydrolysis) is 1. The number of halogens is 3. The monoisotopic (exact) mass is 332 g/mol. The predicted octanol–water partition coefficient (Wildman–Crippen LogP) is 2.25. The van der Waals surface area contributed by atoms with E-state index in [9.17, 15) is 22.8 Å². The molecule has 1 amide bonds. The number of alkyl halides is 3. The van der Waals surface area contributed by atoms with Gasteiger partial charge in [-0.15, -0.1) is 0 Å². The van der Waals surface area contributed by atoms with Crippen LogP contribution in [0, 0.1) is 0 Å². The summed E-state index contributed by atoms with van der Waals surface area (Å²) in [6, 6.07) is 5.91. The number of aromatic carboxylic acids is 1. The lowest BCUT2D eigenvalue weighted by molar-refractivity contribution is -0.160. The third-order valence-corrected chi connectivity index (χ3v) is 3.36. The summed E-state index contributed by atoms with van der Waals surface area (Å²) in [5.74, 6) is -1.02. The summed E-state index contributed by atoms with van der Waals surface area (Å²) >= 11 is 0. The first-order valence-corrected chi connectivity index (χ1v) is 6.83. The first-order valence-electron chi connectivity index (χ1n) is 6.83. The van der Waals surface area contributed by atoms with E-state index in [2.05, 4.69) is 10.1 Å². The molecule has 0 radical (unpaired) electrons. The molecule has 0 saturated carbocycles. The Balaban J connectivity index is 1.83. The Labute approximate surface area is 129 Å². The van der Waals surface area contributed by atoms with Crippen molar-refractivity contribution in [3.63, 3.8) is 0 Å². The highest BCUT2D eigenvalue weighted by Crippen LogP contribution is 2.21. The Kier molecular flexibility index (Phi) is 4.97. The quantitative estimate of drug-likeness (QED) is 0.884. The summed E-state index contributed by atoms with van der Waals surface area (Å²) < 4.78 is 39.9. The summed E-state index contributed by atoms with van der Waals surface area (Å²) in [5, 5.41) is 11.2. The number of nitrogens with one attached hydrogen (secondary N) is 1. The number of carboxylic acid groups (broad SMARTS) is 1. The van der Waals surface area contributed by atoms with Crippen LogP contribution < -0.4 is 10.2 Å². The van der Waals surface area contributed by atoms with Crippen molar-refractivity contribution in [2.24, 2.45) is 0 Å². The van der Waals surface area contributed by atoms with Crippen LogP contribution in [0.3, 0.4) is 0 Å². The van der Waals surface area contributed by atoms with Gasteiger partial charge >= 0.3 is 18.2 Å². The van der Waals surface area contributed by atoms with Gasteiger partial charge in [0.15, 0.2) is 6.61 Å². The van der Waals surface area contributed by atoms with Crippen molar-refractivity contribution in [1.82, 2.24) is 5.32 Å². The summed E-state index contributed by atoms with van der Waals surface area (Å²) in [6.45, 7) is -0.615. The Morgan fingerprint density at radius 1 is 1.30 bits per heavy atom. The van der Waals surface area contributed by atoms with Gasteiger partial charge < -0.3 is 20.1 Å². The molecule has 1 fully saturated rings. The predicted molar refractivity (Wildman–Crippen MR) is 74.6 cm³/mol. The van der Waals surface area contributed by atoms with Crippen molar-refractivity contribution in [2.75, 3.05) is 24.6 Å². The van der Waals surface area contributed by atoms with Crippen LogP contribution in [-0.4, -0.2) is 49.1 Å². The largest absolute Gasteiger partial charge is 0.478 e. The Morgan fingerprint density at radius 2 is 1.96 bits per heavy atom. The maximum absolute atomic E-state index is 11.9. The summed E-state index contributed by atoms with van der Waals surface area (Å²) in [5.41, 5.74) is 0.946. The highest BCUT2D eigenvalue weighted by atomic mass is 19.4. The smallest absolute Gasteiger partial charge is 0.422 e. The molecule has 2 rings (SSSR count). The Morgan fingerprint density at radius 3 is 2.52 bits per heavy atom. The molecule has 0 aliphatic carbocycles. The molecular weight excluding hydrogens is 317 g/mol. The van der Waals surface area contributed by atoms with E-state index < -0.39 is 24.8 Å². The molecular formula is C14H15F3N2O4. The number of hydrogen-bond acceptors (Lipinski definition) is 4. The number of anilines is 1. The van der Waals surface area contributed by atoms with Crippen molar-refractivity contribution in [1.29, 1.82) is 0 Å². The van der Waals surface area contributed by atoms with Crippen LogP contribution in [0.25, 0.3) is 0 Å². The molecule has 0 spiro atoms. The minimum absolute atomic E-state index is 0.165. The molecule has 0 bridgehead atoms. The van der Waals surface area contributed by atoms with Gasteiger partial charge in [0.05, 0.1) is 11.6 Å². The molecule has 1 unspecified atom stereocenters. The number of carbonyl (C=O) groups is 2. The minimum Gasteiger partial charge on any atom is -0.478 e. The molecule has 126 valence electrons. The van der Waals surface area contributed by atoms with Crippen molar-refractivity contribution in [3.8, 4) is 0 Å². The van der Waals surface area contributed by atoms with Gasteiger partial charge in [0.1, 0.15) is 0 Å². The molecule has 0 aromatic heterocycles. The normalized spacial score (nSPS) is 17.9. The number of benzene rings is 1. The lowest BCUT2D eigenvalue weighted by Crippen LogP contribution is -2.38. The lowest BCUT2D eigenvalue weighted by Gasteiger charge is -2.19. The second kappa shape index (κ2) is 6.76. The van der Waals surface area contributed by atoms with E-state index in [-0.39, 0.29) is 11.6 Å². The van der Waals surface area contributed by atoms with Crippen LogP contribution in [0.2, 0.25) is 0 Å². The Bertz CT molecular complexity index is 574. The summed E-state index contributed by atoms with van der Waals surface area (Å²) in [7, 11) is 0. The molecule has 1 aliphatic heterocycles. The molecule has 6 nitrogen and oxygen atoms in total. The number of carbonyl (C=O) groups excluding carboxylic acids is 1. The summed E-state index contributed by atoms with van der Waals surface area (Å²) in [4.78, 5) is 24.0. The van der Waals surface area contributed by atoms with Crippen LogP contribution in [0.4, 0.5) is 23.7 Å². The van der Waals surface area contributed by atoms with Gasteiger partial charge in [-0.2, -0.15) is 13.2 Å². The van der Waals surface area contributed by atoms with E-state index in [0.717, 1.165) is 5.69 Å². The van der Waals surface area contributed by atoms with Crippen LogP contribution in [0.5, 0.6) is 0 Å². The third-order valence-electron chi connectivity index (χ3n) is 3.36. The van der Waals surface area contributed by atoms with E-state index in [1.807, 2.05) is 4.90 Å². The fraction of sp³-hybridized carbons (Fsp3) is 0.429. The molecule has 1 saturated heterocycles. The fourth-order valence-electron chi connectivity index (χ4n) is 2.28. The number of nitrogens with zero attached hydrogens (tertiary/aromatic N) is 1. The van der Waals surface area contributed by atoms with Gasteiger partial charge in [0.25, 0.3) is 0 Å². The third kappa shape index (κ3) is 5.04. The van der Waals surface area contributed by atoms with Gasteiger partial charge in [-0.3, -0.25) is 0 Å². The maximum Gasteiger partial charge on any atom is 0.422 e. The molecule has 1 aromatic carbocycles. The second-order valence-corrected chi connectivity index (χ2v) is 5.12. The van der Waals surface area contributed by atoms with E-state index in [1.54, 1.807) is 12.1 Å². The zero-order valence-corrected chi connectivity index (χ0v) is 12.0. The second-order valence-electron chi connectivity index (χ2n) is 5.12. The van der Waals surface area contributed by atoms with Gasteiger partial charge in [-0.25, -0.2) is 9.59 Å². The maximum atomic E-state index is 11.9. The van der Waals surface area contributed by atoms with Crippen molar-refractivity contribution in [2.45, 2.75) is 18.6 Å². The average molecular weight is 332 g/mol. The van der Waals surface area contributed by atoms with E-state index in [0.29, 0.717) is 19.5 Å². The first-order chi connectivity index (χ1) is 10.7. The standard InChI is InChI=1S/C14H15F3N2O4/c15-14(16,17)8-23-13(22)18-10-5-6-19(7-10)11-3-1-9(2-4-11)12(20)21/h1-4,10H,5-8H2,(H,18,22)(H,20,21). The van der Waals surface area contributed by atoms with Crippen molar-refractivity contribution in [3.05, 3.63) is 29.8 Å². The highest BCUT2D eigenvalue weighted by molar-refractivity contribution is 5.88. The molecule has 1 aliphatic rings. The fourth-order valence-corrected chi connectivity index (χ4v) is 2.28. The van der Waals surface area contributed by atoms with Crippen LogP contribution in [-0.2, 0) is 4.74 Å². The molecule has 1 atom stereocenters. The number of hydrogen-bond donors (Lipinski definition) is 2. The van der Waals surface area contributed by atoms with E-state index in [4.69, 9.17) is 5.11 Å². The van der Waals surface area contributed by atoms with Gasteiger partial charge in [0.2, 0.25) is 0 Å². The first kappa shape index (κ1) is 16.9. The molecule has 1 heterocycles. The highest BCUT2D eigenvalue weighted by Gasteiger charge is 2.31. The van der Waals surface area contributed by atoms with Crippen LogP contribution in [0.1, 0.15) is 16.8 Å². The van der Waals surface area contributed by atoms with E-state index in [1.165, 1.54) is 12.1 Å². The minimum atomic E-state index is -4.55.